The fraction of sp³-hybridized carbons (Fsp3) is 0.250. The van der Waals surface area contributed by atoms with Gasteiger partial charge >= 0.3 is 11.9 Å². The molecule has 5 heteroatoms. The fourth-order valence-electron chi connectivity index (χ4n) is 1.70. The van der Waals surface area contributed by atoms with Crippen LogP contribution < -0.4 is 0 Å². The van der Waals surface area contributed by atoms with E-state index in [1.807, 2.05) is 0 Å². The van der Waals surface area contributed by atoms with Crippen molar-refractivity contribution in [2.75, 3.05) is 7.11 Å². The molecular weight excluding hydrogens is 224 g/mol. The van der Waals surface area contributed by atoms with Crippen LogP contribution in [0.1, 0.15) is 11.7 Å². The van der Waals surface area contributed by atoms with E-state index in [9.17, 15) is 14.4 Å². The molecule has 0 amide bonds. The van der Waals surface area contributed by atoms with E-state index in [0.29, 0.717) is 5.56 Å². The second-order valence-electron chi connectivity index (χ2n) is 3.59. The molecule has 0 aromatic heterocycles. The molecule has 1 aromatic rings. The predicted molar refractivity (Wildman–Crippen MR) is 55.8 cm³/mol. The summed E-state index contributed by atoms with van der Waals surface area (Å²) in [4.78, 5) is 34.6. The van der Waals surface area contributed by atoms with Gasteiger partial charge in [-0.1, -0.05) is 30.3 Å². The molecule has 17 heavy (non-hydrogen) atoms. The zero-order chi connectivity index (χ0) is 12.4. The number of Topliss-reactive ketones (excluding diaryl/α,β-unsaturated/α-hetero) is 1. The second-order valence-corrected chi connectivity index (χ2v) is 3.59. The summed E-state index contributed by atoms with van der Waals surface area (Å²) in [5.41, 5.74) is 0.553. The molecule has 1 aliphatic heterocycles. The van der Waals surface area contributed by atoms with E-state index in [-0.39, 0.29) is 0 Å². The van der Waals surface area contributed by atoms with Gasteiger partial charge in [-0.15, -0.1) is 0 Å². The van der Waals surface area contributed by atoms with Crippen molar-refractivity contribution >= 4 is 17.7 Å². The molecule has 2 rings (SSSR count). The first kappa shape index (κ1) is 11.3. The number of ether oxygens (including phenoxy) is 2. The van der Waals surface area contributed by atoms with Gasteiger partial charge in [0.1, 0.15) is 0 Å². The summed E-state index contributed by atoms with van der Waals surface area (Å²) < 4.78 is 9.30. The van der Waals surface area contributed by atoms with Crippen LogP contribution in [0.15, 0.2) is 30.3 Å². The molecule has 1 saturated heterocycles. The molecular formula is C12H10O5. The van der Waals surface area contributed by atoms with E-state index in [1.165, 1.54) is 0 Å². The lowest BCUT2D eigenvalue weighted by Crippen LogP contribution is -2.27. The van der Waals surface area contributed by atoms with E-state index in [0.717, 1.165) is 7.11 Å². The van der Waals surface area contributed by atoms with Crippen molar-refractivity contribution in [2.45, 2.75) is 6.10 Å². The van der Waals surface area contributed by atoms with E-state index < -0.39 is 29.7 Å². The molecule has 0 spiro atoms. The minimum atomic E-state index is -1.45. The standard InChI is InChI=1S/C12H10O5/c1-16-11(14)8-9(13)10(17-12(8)15)7-5-3-2-4-6-7/h2-6,8,10H,1H3. The topological polar surface area (TPSA) is 69.7 Å². The van der Waals surface area contributed by atoms with Gasteiger partial charge in [-0.25, -0.2) is 0 Å². The van der Waals surface area contributed by atoms with Crippen LogP contribution in [0.5, 0.6) is 0 Å². The first-order valence-electron chi connectivity index (χ1n) is 5.02. The smallest absolute Gasteiger partial charge is 0.329 e. The molecule has 1 fully saturated rings. The molecule has 5 nitrogen and oxygen atoms in total. The van der Waals surface area contributed by atoms with Crippen LogP contribution in [-0.2, 0) is 23.9 Å². The van der Waals surface area contributed by atoms with Gasteiger partial charge in [0.25, 0.3) is 0 Å². The average Bonchev–Trinajstić information content (AvgIpc) is 2.65. The monoisotopic (exact) mass is 234 g/mol. The van der Waals surface area contributed by atoms with E-state index >= 15 is 0 Å². The highest BCUT2D eigenvalue weighted by atomic mass is 16.6. The first-order chi connectivity index (χ1) is 8.15. The zero-order valence-electron chi connectivity index (χ0n) is 9.08. The van der Waals surface area contributed by atoms with Crippen LogP contribution in [0.2, 0.25) is 0 Å². The lowest BCUT2D eigenvalue weighted by Gasteiger charge is -2.06. The molecule has 0 N–H and O–H groups in total. The Bertz CT molecular complexity index is 465. The molecule has 2 unspecified atom stereocenters. The Labute approximate surface area is 97.3 Å². The largest absolute Gasteiger partial charge is 0.468 e. The third-order valence-electron chi connectivity index (χ3n) is 2.55. The molecule has 88 valence electrons. The van der Waals surface area contributed by atoms with Crippen molar-refractivity contribution < 1.29 is 23.9 Å². The number of hydrogen-bond acceptors (Lipinski definition) is 5. The third kappa shape index (κ3) is 1.91. The number of benzene rings is 1. The number of rotatable bonds is 2. The minimum Gasteiger partial charge on any atom is -0.468 e. The van der Waals surface area contributed by atoms with Crippen LogP contribution in [0.3, 0.4) is 0 Å². The van der Waals surface area contributed by atoms with Crippen LogP contribution in [-0.4, -0.2) is 24.8 Å². The summed E-state index contributed by atoms with van der Waals surface area (Å²) in [7, 11) is 1.12. The lowest BCUT2D eigenvalue weighted by atomic mass is 9.99. The minimum absolute atomic E-state index is 0.553. The Morgan fingerprint density at radius 1 is 1.24 bits per heavy atom. The zero-order valence-corrected chi connectivity index (χ0v) is 9.08. The highest BCUT2D eigenvalue weighted by Gasteiger charge is 2.49. The maximum absolute atomic E-state index is 11.9. The van der Waals surface area contributed by atoms with Crippen LogP contribution in [0.25, 0.3) is 0 Å². The van der Waals surface area contributed by atoms with Gasteiger partial charge < -0.3 is 9.47 Å². The number of carbonyl (C=O) groups excluding carboxylic acids is 3. The SMILES string of the molecule is COC(=O)C1C(=O)OC(c2ccccc2)C1=O. The highest BCUT2D eigenvalue weighted by Crippen LogP contribution is 2.30. The van der Waals surface area contributed by atoms with Crippen molar-refractivity contribution in [1.29, 1.82) is 0 Å². The average molecular weight is 234 g/mol. The van der Waals surface area contributed by atoms with Crippen LogP contribution in [0, 0.1) is 5.92 Å². The fourth-order valence-corrected chi connectivity index (χ4v) is 1.70. The van der Waals surface area contributed by atoms with E-state index in [2.05, 4.69) is 4.74 Å². The van der Waals surface area contributed by atoms with Gasteiger partial charge in [0, 0.05) is 5.56 Å². The number of hydrogen-bond donors (Lipinski definition) is 0. The maximum atomic E-state index is 11.9. The molecule has 0 bridgehead atoms. The Kier molecular flexibility index (Phi) is 2.91. The third-order valence-corrected chi connectivity index (χ3v) is 2.55. The highest BCUT2D eigenvalue weighted by molar-refractivity contribution is 6.19. The van der Waals surface area contributed by atoms with E-state index in [1.54, 1.807) is 30.3 Å². The number of methoxy groups -OCH3 is 1. The van der Waals surface area contributed by atoms with Crippen molar-refractivity contribution in [1.82, 2.24) is 0 Å². The molecule has 2 atom stereocenters. The number of ketones is 1. The summed E-state index contributed by atoms with van der Waals surface area (Å²) in [6, 6.07) is 8.55. The summed E-state index contributed by atoms with van der Waals surface area (Å²) in [5.74, 6) is -3.76. The first-order valence-corrected chi connectivity index (χ1v) is 5.02. The van der Waals surface area contributed by atoms with Gasteiger partial charge in [-0.05, 0) is 0 Å². The quantitative estimate of drug-likeness (QED) is 0.555. The van der Waals surface area contributed by atoms with Gasteiger partial charge in [-0.3, -0.25) is 14.4 Å². The lowest BCUT2D eigenvalue weighted by molar-refractivity contribution is -0.155. The van der Waals surface area contributed by atoms with Gasteiger partial charge in [0.15, 0.2) is 6.10 Å². The van der Waals surface area contributed by atoms with Gasteiger partial charge in [0.05, 0.1) is 7.11 Å². The molecule has 1 aliphatic rings. The Balaban J connectivity index is 2.28. The molecule has 0 radical (unpaired) electrons. The van der Waals surface area contributed by atoms with Gasteiger partial charge in [0.2, 0.25) is 11.7 Å². The summed E-state index contributed by atoms with van der Waals surface area (Å²) in [6.07, 6.45) is -1.01. The van der Waals surface area contributed by atoms with E-state index in [4.69, 9.17) is 4.74 Å². The van der Waals surface area contributed by atoms with Crippen molar-refractivity contribution in [2.24, 2.45) is 5.92 Å². The van der Waals surface area contributed by atoms with Crippen LogP contribution in [0.4, 0.5) is 0 Å². The normalized spacial score (nSPS) is 23.4. The number of cyclic esters (lactones) is 1. The van der Waals surface area contributed by atoms with Crippen molar-refractivity contribution in [3.8, 4) is 0 Å². The Morgan fingerprint density at radius 2 is 1.88 bits per heavy atom. The number of carbonyl (C=O) groups is 3. The van der Waals surface area contributed by atoms with Crippen molar-refractivity contribution in [3.63, 3.8) is 0 Å². The van der Waals surface area contributed by atoms with Gasteiger partial charge in [-0.2, -0.15) is 0 Å². The number of esters is 2. The molecule has 1 aromatic carbocycles. The summed E-state index contributed by atoms with van der Waals surface area (Å²) >= 11 is 0. The molecule has 0 aliphatic carbocycles. The Morgan fingerprint density at radius 3 is 2.47 bits per heavy atom. The molecule has 1 heterocycles. The predicted octanol–water partition coefficient (Wildman–Crippen LogP) is 0.643. The second kappa shape index (κ2) is 4.37. The summed E-state index contributed by atoms with van der Waals surface area (Å²) in [6.45, 7) is 0. The Hall–Kier alpha value is -2.17. The van der Waals surface area contributed by atoms with Crippen LogP contribution >= 0.6 is 0 Å². The van der Waals surface area contributed by atoms with Crippen molar-refractivity contribution in [3.05, 3.63) is 35.9 Å². The summed E-state index contributed by atoms with van der Waals surface area (Å²) in [5, 5.41) is 0. The molecule has 0 saturated carbocycles. The maximum Gasteiger partial charge on any atom is 0.329 e.